The average molecular weight is 497 g/mol. The number of halogens is 6. The minimum atomic E-state index is -5.21. The van der Waals surface area contributed by atoms with Crippen LogP contribution >= 0.6 is 0 Å². The fraction of sp³-hybridized carbons (Fsp3) is 0.600. The summed E-state index contributed by atoms with van der Waals surface area (Å²) in [5.41, 5.74) is -6.41. The van der Waals surface area contributed by atoms with E-state index >= 15 is 0 Å². The molecule has 3 rings (SSSR count). The molecule has 0 radical (unpaired) electrons. The maximum atomic E-state index is 13.9. The van der Waals surface area contributed by atoms with Crippen molar-refractivity contribution in [2.75, 3.05) is 7.11 Å². The van der Waals surface area contributed by atoms with Crippen LogP contribution in [-0.2, 0) is 16.5 Å². The number of pyridine rings is 1. The van der Waals surface area contributed by atoms with Crippen LogP contribution in [0.5, 0.6) is 5.88 Å². The first-order valence-electron chi connectivity index (χ1n) is 10.2. The summed E-state index contributed by atoms with van der Waals surface area (Å²) in [4.78, 5) is 15.9. The van der Waals surface area contributed by atoms with E-state index in [1.54, 1.807) is 0 Å². The van der Waals surface area contributed by atoms with Gasteiger partial charge in [-0.25, -0.2) is 9.78 Å². The maximum Gasteiger partial charge on any atom is 0.426 e. The highest BCUT2D eigenvalue weighted by atomic mass is 19.4. The van der Waals surface area contributed by atoms with Crippen molar-refractivity contribution < 1.29 is 50.1 Å². The molecule has 188 valence electrons. The van der Waals surface area contributed by atoms with Gasteiger partial charge in [0.2, 0.25) is 11.5 Å². The summed E-state index contributed by atoms with van der Waals surface area (Å²) in [6, 6.07) is 0.393. The molecule has 0 saturated heterocycles. The summed E-state index contributed by atoms with van der Waals surface area (Å²) in [6.07, 6.45) is -10.4. The third-order valence-electron chi connectivity index (χ3n) is 5.61. The van der Waals surface area contributed by atoms with Crippen molar-refractivity contribution in [1.29, 1.82) is 0 Å². The Morgan fingerprint density at radius 1 is 1.15 bits per heavy atom. The van der Waals surface area contributed by atoms with Crippen LogP contribution in [0, 0.1) is 5.92 Å². The van der Waals surface area contributed by atoms with E-state index in [9.17, 15) is 36.2 Å². The highest BCUT2D eigenvalue weighted by Gasteiger charge is 2.62. The van der Waals surface area contributed by atoms with Crippen LogP contribution < -0.4 is 4.74 Å². The third-order valence-corrected chi connectivity index (χ3v) is 5.61. The Morgan fingerprint density at radius 2 is 1.79 bits per heavy atom. The second kappa shape index (κ2) is 9.04. The lowest BCUT2D eigenvalue weighted by Crippen LogP contribution is -2.48. The SMILES string of the molecule is COC(=O)c1cc(C(F)(F)F)c2nc1-c1nnc(o1)[C@@](O)(C(F)(F)F)C(C)CCCC[C@@H](C)O2. The summed E-state index contributed by atoms with van der Waals surface area (Å²) in [7, 11) is 0.890. The maximum absolute atomic E-state index is 13.9. The van der Waals surface area contributed by atoms with E-state index in [4.69, 9.17) is 9.15 Å². The average Bonchev–Trinajstić information content (AvgIpc) is 3.23. The highest BCUT2D eigenvalue weighted by molar-refractivity contribution is 5.95. The molecule has 2 aromatic rings. The van der Waals surface area contributed by atoms with Gasteiger partial charge in [0.15, 0.2) is 0 Å². The van der Waals surface area contributed by atoms with Crippen molar-refractivity contribution in [3.05, 3.63) is 23.1 Å². The van der Waals surface area contributed by atoms with E-state index in [1.807, 2.05) is 0 Å². The standard InChI is InChI=1S/C20H21F6N3O5/c1-9-6-4-5-7-10(2)33-14-12(19(21,22)23)8-11(16(30)32-3)13(27-14)15-28-29-17(34-15)18(9,31)20(24,25)26/h8-10,31H,4-7H2,1-3H3/t9?,10-,18-/m1/s1. The molecule has 1 N–H and O–H groups in total. The second-order valence-electron chi connectivity index (χ2n) is 8.02. The number of carbonyl (C=O) groups is 1. The Bertz CT molecular complexity index is 1050. The van der Waals surface area contributed by atoms with Crippen LogP contribution in [0.2, 0.25) is 0 Å². The van der Waals surface area contributed by atoms with E-state index in [-0.39, 0.29) is 19.3 Å². The number of aromatic nitrogens is 3. The van der Waals surface area contributed by atoms with Crippen LogP contribution in [0.1, 0.15) is 61.3 Å². The molecule has 3 heterocycles. The van der Waals surface area contributed by atoms with Crippen molar-refractivity contribution in [2.24, 2.45) is 5.92 Å². The van der Waals surface area contributed by atoms with Gasteiger partial charge in [0.25, 0.3) is 11.8 Å². The first kappa shape index (κ1) is 25.7. The molecule has 0 amide bonds. The van der Waals surface area contributed by atoms with Gasteiger partial charge in [-0.05, 0) is 32.3 Å². The first-order chi connectivity index (χ1) is 15.7. The van der Waals surface area contributed by atoms with Crippen LogP contribution in [-0.4, -0.2) is 45.6 Å². The lowest BCUT2D eigenvalue weighted by molar-refractivity contribution is -0.293. The molecule has 8 nitrogen and oxygen atoms in total. The Balaban J connectivity index is 2.30. The largest absolute Gasteiger partial charge is 0.474 e. The molecule has 0 spiro atoms. The number of carbonyl (C=O) groups excluding carboxylic acids is 1. The summed E-state index contributed by atoms with van der Waals surface area (Å²) in [5, 5.41) is 17.4. The zero-order valence-corrected chi connectivity index (χ0v) is 18.3. The summed E-state index contributed by atoms with van der Waals surface area (Å²) in [5.74, 6) is -5.66. The number of methoxy groups -OCH3 is 1. The smallest absolute Gasteiger partial charge is 0.426 e. The molecule has 0 aromatic carbocycles. The van der Waals surface area contributed by atoms with Gasteiger partial charge in [0, 0.05) is 5.92 Å². The number of rotatable bonds is 1. The zero-order valence-electron chi connectivity index (χ0n) is 18.3. The molecule has 2 aromatic heterocycles. The van der Waals surface area contributed by atoms with Gasteiger partial charge in [0.05, 0.1) is 18.8 Å². The summed E-state index contributed by atoms with van der Waals surface area (Å²) in [6.45, 7) is 2.64. The van der Waals surface area contributed by atoms with Crippen LogP contribution in [0.15, 0.2) is 10.5 Å². The fourth-order valence-electron chi connectivity index (χ4n) is 3.64. The number of nitrogens with zero attached hydrogens (tertiary/aromatic N) is 3. The normalized spacial score (nSPS) is 24.2. The number of aliphatic hydroxyl groups is 1. The molecule has 1 unspecified atom stereocenters. The van der Waals surface area contributed by atoms with Crippen molar-refractivity contribution in [3.63, 3.8) is 0 Å². The van der Waals surface area contributed by atoms with Crippen molar-refractivity contribution in [3.8, 4) is 17.5 Å². The molecule has 0 fully saturated rings. The second-order valence-corrected chi connectivity index (χ2v) is 8.02. The molecule has 3 atom stereocenters. The number of alkyl halides is 6. The van der Waals surface area contributed by atoms with Crippen molar-refractivity contribution in [1.82, 2.24) is 15.2 Å². The molecule has 4 bridgehead atoms. The Labute approximate surface area is 189 Å². The van der Waals surface area contributed by atoms with Gasteiger partial charge in [-0.3, -0.25) is 0 Å². The van der Waals surface area contributed by atoms with Crippen molar-refractivity contribution >= 4 is 5.97 Å². The lowest BCUT2D eigenvalue weighted by atomic mass is 9.84. The lowest BCUT2D eigenvalue weighted by Gasteiger charge is -2.32. The van der Waals surface area contributed by atoms with Crippen LogP contribution in [0.4, 0.5) is 26.3 Å². The number of ether oxygens (including phenoxy) is 2. The number of hydrogen-bond donors (Lipinski definition) is 1. The van der Waals surface area contributed by atoms with E-state index in [0.29, 0.717) is 12.5 Å². The van der Waals surface area contributed by atoms with Gasteiger partial charge in [-0.15, -0.1) is 10.2 Å². The van der Waals surface area contributed by atoms with Gasteiger partial charge < -0.3 is 19.0 Å². The van der Waals surface area contributed by atoms with Crippen LogP contribution in [0.25, 0.3) is 11.6 Å². The van der Waals surface area contributed by atoms with E-state index < -0.39 is 70.4 Å². The monoisotopic (exact) mass is 497 g/mol. The zero-order chi connectivity index (χ0) is 25.5. The molecule has 0 saturated carbocycles. The van der Waals surface area contributed by atoms with Gasteiger partial charge in [-0.2, -0.15) is 26.3 Å². The quantitative estimate of drug-likeness (QED) is 0.448. The molecular weight excluding hydrogens is 476 g/mol. The minimum Gasteiger partial charge on any atom is -0.474 e. The summed E-state index contributed by atoms with van der Waals surface area (Å²) >= 11 is 0. The highest BCUT2D eigenvalue weighted by Crippen LogP contribution is 2.47. The number of hydrogen-bond acceptors (Lipinski definition) is 8. The van der Waals surface area contributed by atoms with Crippen molar-refractivity contribution in [2.45, 2.75) is 63.6 Å². The van der Waals surface area contributed by atoms with E-state index in [2.05, 4.69) is 19.9 Å². The van der Waals surface area contributed by atoms with E-state index in [0.717, 1.165) is 14.0 Å². The molecule has 34 heavy (non-hydrogen) atoms. The molecule has 14 heteroatoms. The Kier molecular flexibility index (Phi) is 6.84. The van der Waals surface area contributed by atoms with E-state index in [1.165, 1.54) is 6.92 Å². The Hall–Kier alpha value is -2.90. The fourth-order valence-corrected chi connectivity index (χ4v) is 3.64. The topological polar surface area (TPSA) is 108 Å². The predicted molar refractivity (Wildman–Crippen MR) is 102 cm³/mol. The number of fused-ring (bicyclic) bond motifs is 5. The third kappa shape index (κ3) is 4.68. The van der Waals surface area contributed by atoms with Crippen LogP contribution in [0.3, 0.4) is 0 Å². The van der Waals surface area contributed by atoms with Gasteiger partial charge in [0.1, 0.15) is 11.3 Å². The molecular formula is C20H21F6N3O5. The summed E-state index contributed by atoms with van der Waals surface area (Å²) < 4.78 is 97.8. The van der Waals surface area contributed by atoms with Gasteiger partial charge in [-0.1, -0.05) is 13.3 Å². The first-order valence-corrected chi connectivity index (χ1v) is 10.2. The molecule has 1 aliphatic heterocycles. The molecule has 0 aliphatic carbocycles. The Morgan fingerprint density at radius 3 is 2.38 bits per heavy atom. The minimum absolute atomic E-state index is 0.106. The van der Waals surface area contributed by atoms with Gasteiger partial charge >= 0.3 is 18.3 Å². The predicted octanol–water partition coefficient (Wildman–Crippen LogP) is 4.66. The molecule has 1 aliphatic rings. The number of esters is 1.